The van der Waals surface area contributed by atoms with Crippen molar-refractivity contribution >= 4 is 39.2 Å². The van der Waals surface area contributed by atoms with Crippen LogP contribution in [0.2, 0.25) is 0 Å². The van der Waals surface area contributed by atoms with Crippen LogP contribution >= 0.6 is 23.1 Å². The molecule has 0 saturated carbocycles. The van der Waals surface area contributed by atoms with Crippen LogP contribution in [0.3, 0.4) is 0 Å². The monoisotopic (exact) mass is 406 g/mol. The molecule has 0 radical (unpaired) electrons. The molecule has 0 N–H and O–H groups in total. The number of hydrogen-bond donors (Lipinski definition) is 0. The summed E-state index contributed by atoms with van der Waals surface area (Å²) >= 11 is 3.19. The van der Waals surface area contributed by atoms with E-state index >= 15 is 0 Å². The highest BCUT2D eigenvalue weighted by atomic mass is 32.2. The molecule has 144 valence electrons. The average Bonchev–Trinajstić information content (AvgIpc) is 3.17. The first-order valence-electron chi connectivity index (χ1n) is 8.32. The third-order valence-corrected chi connectivity index (χ3v) is 5.87. The lowest BCUT2D eigenvalue weighted by Crippen LogP contribution is -2.18. The summed E-state index contributed by atoms with van der Waals surface area (Å²) in [6, 6.07) is 5.60. The highest BCUT2D eigenvalue weighted by molar-refractivity contribution is 7.98. The van der Waals surface area contributed by atoms with E-state index in [2.05, 4.69) is 16.3 Å². The number of aromatic nitrogens is 3. The number of aryl methyl sites for hydroxylation is 3. The molecule has 0 spiro atoms. The van der Waals surface area contributed by atoms with Gasteiger partial charge in [0.1, 0.15) is 0 Å². The number of methoxy groups -OCH3 is 2. The molecule has 0 bridgehead atoms. The minimum atomic E-state index is -0.345. The predicted molar refractivity (Wildman–Crippen MR) is 109 cm³/mol. The molecule has 3 rings (SSSR count). The van der Waals surface area contributed by atoms with Gasteiger partial charge < -0.3 is 14.0 Å². The van der Waals surface area contributed by atoms with Crippen LogP contribution in [-0.4, -0.2) is 46.5 Å². The molecule has 0 unspecified atom stereocenters. The number of ether oxygens (including phenoxy) is 2. The fourth-order valence-electron chi connectivity index (χ4n) is 2.69. The summed E-state index contributed by atoms with van der Waals surface area (Å²) in [4.78, 5) is 17.6. The zero-order valence-electron chi connectivity index (χ0n) is 16.0. The van der Waals surface area contributed by atoms with Gasteiger partial charge in [0, 0.05) is 37.2 Å². The Morgan fingerprint density at radius 1 is 1.26 bits per heavy atom. The zero-order valence-corrected chi connectivity index (χ0v) is 17.6. The summed E-state index contributed by atoms with van der Waals surface area (Å²) in [5.41, 5.74) is 2.23. The number of hydrogen-bond acceptors (Lipinski definition) is 6. The van der Waals surface area contributed by atoms with Gasteiger partial charge in [0.15, 0.2) is 22.0 Å². The van der Waals surface area contributed by atoms with Gasteiger partial charge in [0.2, 0.25) is 0 Å². The lowest BCUT2D eigenvalue weighted by molar-refractivity contribution is 0.0992. The van der Waals surface area contributed by atoms with Gasteiger partial charge in [0.05, 0.1) is 24.4 Å². The van der Waals surface area contributed by atoms with E-state index < -0.39 is 0 Å². The fraction of sp³-hybridized carbons (Fsp3) is 0.389. The third kappa shape index (κ3) is 3.89. The lowest BCUT2D eigenvalue weighted by atomic mass is 10.3. The Bertz CT molecular complexity index is 1030. The molecule has 0 saturated heterocycles. The number of thiazole rings is 1. The molecule has 0 aliphatic rings. The second-order valence-electron chi connectivity index (χ2n) is 5.92. The van der Waals surface area contributed by atoms with Crippen molar-refractivity contribution in [3.05, 3.63) is 34.4 Å². The van der Waals surface area contributed by atoms with Gasteiger partial charge in [-0.3, -0.25) is 9.48 Å². The zero-order chi connectivity index (χ0) is 19.6. The maximum atomic E-state index is 12.6. The summed E-state index contributed by atoms with van der Waals surface area (Å²) in [7, 11) is 5.03. The van der Waals surface area contributed by atoms with Crippen molar-refractivity contribution in [2.75, 3.05) is 26.2 Å². The van der Waals surface area contributed by atoms with Gasteiger partial charge >= 0.3 is 0 Å². The first-order chi connectivity index (χ1) is 13.0. The highest BCUT2D eigenvalue weighted by Crippen LogP contribution is 2.33. The van der Waals surface area contributed by atoms with Gasteiger partial charge in [-0.1, -0.05) is 11.3 Å². The predicted octanol–water partition coefficient (Wildman–Crippen LogP) is 2.87. The maximum Gasteiger partial charge on any atom is 0.300 e. The van der Waals surface area contributed by atoms with Gasteiger partial charge in [-0.15, -0.1) is 0 Å². The summed E-state index contributed by atoms with van der Waals surface area (Å²) in [6.45, 7) is 2.64. The Balaban J connectivity index is 2.16. The average molecular weight is 407 g/mol. The van der Waals surface area contributed by atoms with Gasteiger partial charge in [-0.2, -0.15) is 21.9 Å². The number of carbonyl (C=O) groups is 1. The summed E-state index contributed by atoms with van der Waals surface area (Å²) < 4.78 is 15.5. The molecule has 1 amide bonds. The van der Waals surface area contributed by atoms with Crippen LogP contribution in [0.5, 0.6) is 11.5 Å². The Morgan fingerprint density at radius 3 is 2.56 bits per heavy atom. The van der Waals surface area contributed by atoms with Crippen LogP contribution in [0.4, 0.5) is 0 Å². The van der Waals surface area contributed by atoms with Crippen LogP contribution in [0.1, 0.15) is 16.2 Å². The van der Waals surface area contributed by atoms with E-state index in [1.54, 1.807) is 36.7 Å². The van der Waals surface area contributed by atoms with Crippen molar-refractivity contribution in [2.24, 2.45) is 12.0 Å². The number of fused-ring (bicyclic) bond motifs is 1. The SMILES string of the molecule is COc1cc2sc(=NC(=O)c3cc(C)n(C)n3)n(CCSC)c2cc1OC. The van der Waals surface area contributed by atoms with Crippen LogP contribution in [0.15, 0.2) is 23.2 Å². The van der Waals surface area contributed by atoms with E-state index in [1.807, 2.05) is 30.7 Å². The first-order valence-corrected chi connectivity index (χ1v) is 10.5. The topological polar surface area (TPSA) is 70.6 Å². The molecule has 0 atom stereocenters. The molecule has 0 aliphatic heterocycles. The molecule has 2 aromatic heterocycles. The van der Waals surface area contributed by atoms with E-state index in [-0.39, 0.29) is 5.91 Å². The summed E-state index contributed by atoms with van der Waals surface area (Å²) in [5, 5.41) is 4.23. The number of nitrogens with zero attached hydrogens (tertiary/aromatic N) is 4. The van der Waals surface area contributed by atoms with Crippen LogP contribution in [0.25, 0.3) is 10.2 Å². The Labute approximate surface area is 165 Å². The van der Waals surface area contributed by atoms with Crippen molar-refractivity contribution < 1.29 is 14.3 Å². The van der Waals surface area contributed by atoms with E-state index in [9.17, 15) is 4.79 Å². The van der Waals surface area contributed by atoms with E-state index in [0.717, 1.165) is 28.2 Å². The number of carbonyl (C=O) groups excluding carboxylic acids is 1. The molecular weight excluding hydrogens is 384 g/mol. The van der Waals surface area contributed by atoms with Crippen molar-refractivity contribution in [2.45, 2.75) is 13.5 Å². The van der Waals surface area contributed by atoms with E-state index in [1.165, 1.54) is 11.3 Å². The van der Waals surface area contributed by atoms with Crippen molar-refractivity contribution in [1.82, 2.24) is 14.3 Å². The van der Waals surface area contributed by atoms with Crippen LogP contribution < -0.4 is 14.3 Å². The van der Waals surface area contributed by atoms with Gasteiger partial charge in [0.25, 0.3) is 5.91 Å². The molecule has 2 heterocycles. The molecular formula is C18H22N4O3S2. The fourth-order valence-corrected chi connectivity index (χ4v) is 4.12. The second-order valence-corrected chi connectivity index (χ2v) is 7.91. The van der Waals surface area contributed by atoms with Crippen LogP contribution in [-0.2, 0) is 13.6 Å². The minimum absolute atomic E-state index is 0.345. The quantitative estimate of drug-likeness (QED) is 0.630. The van der Waals surface area contributed by atoms with Crippen LogP contribution in [0, 0.1) is 6.92 Å². The first kappa shape index (κ1) is 19.5. The number of rotatable bonds is 6. The lowest BCUT2D eigenvalue weighted by Gasteiger charge is -2.09. The molecule has 0 aliphatic carbocycles. The standard InChI is InChI=1S/C18H22N4O3S2/c1-11-8-12(20-21(11)2)17(23)19-18-22(6-7-26-5)13-9-14(24-3)15(25-4)10-16(13)27-18/h8-10H,6-7H2,1-5H3. The van der Waals surface area contributed by atoms with Crippen molar-refractivity contribution in [3.63, 3.8) is 0 Å². The highest BCUT2D eigenvalue weighted by Gasteiger charge is 2.15. The molecule has 1 aromatic carbocycles. The molecule has 7 nitrogen and oxygen atoms in total. The largest absolute Gasteiger partial charge is 0.493 e. The Kier molecular flexibility index (Phi) is 5.91. The Morgan fingerprint density at radius 2 is 1.96 bits per heavy atom. The molecule has 0 fully saturated rings. The number of benzene rings is 1. The van der Waals surface area contributed by atoms with E-state index in [0.29, 0.717) is 22.0 Å². The summed E-state index contributed by atoms with van der Waals surface area (Å²) in [5.74, 6) is 1.87. The summed E-state index contributed by atoms with van der Waals surface area (Å²) in [6.07, 6.45) is 2.05. The molecule has 3 aromatic rings. The van der Waals surface area contributed by atoms with Crippen molar-refractivity contribution in [1.29, 1.82) is 0 Å². The van der Waals surface area contributed by atoms with Gasteiger partial charge in [-0.25, -0.2) is 0 Å². The number of amides is 1. The van der Waals surface area contributed by atoms with Gasteiger partial charge in [-0.05, 0) is 19.2 Å². The van der Waals surface area contributed by atoms with E-state index in [4.69, 9.17) is 9.47 Å². The Hall–Kier alpha value is -2.26. The second kappa shape index (κ2) is 8.18. The minimum Gasteiger partial charge on any atom is -0.493 e. The smallest absolute Gasteiger partial charge is 0.300 e. The third-order valence-electron chi connectivity index (χ3n) is 4.24. The normalized spacial score (nSPS) is 12.0. The van der Waals surface area contributed by atoms with Crippen molar-refractivity contribution in [3.8, 4) is 11.5 Å². The number of thioether (sulfide) groups is 1. The molecule has 27 heavy (non-hydrogen) atoms. The molecule has 9 heteroatoms. The maximum absolute atomic E-state index is 12.6.